The second-order valence-corrected chi connectivity index (χ2v) is 6.48. The van der Waals surface area contributed by atoms with E-state index in [4.69, 9.17) is 18.0 Å². The van der Waals surface area contributed by atoms with Gasteiger partial charge in [0.1, 0.15) is 4.99 Å². The summed E-state index contributed by atoms with van der Waals surface area (Å²) in [4.78, 5) is 4.07. The van der Waals surface area contributed by atoms with Crippen molar-refractivity contribution in [1.29, 1.82) is 0 Å². The quantitative estimate of drug-likeness (QED) is 0.607. The second-order valence-electron chi connectivity index (χ2n) is 4.73. The maximum Gasteiger partial charge on any atom is 0.107 e. The first kappa shape index (κ1) is 16.3. The lowest BCUT2D eigenvalue weighted by Crippen LogP contribution is -2.33. The third kappa shape index (κ3) is 4.11. The minimum atomic E-state index is 0.440. The first-order valence-electron chi connectivity index (χ1n) is 6.85. The smallest absolute Gasteiger partial charge is 0.107 e. The van der Waals surface area contributed by atoms with E-state index in [1.165, 1.54) is 10.6 Å². The van der Waals surface area contributed by atoms with Gasteiger partial charge in [-0.3, -0.25) is 0 Å². The van der Waals surface area contributed by atoms with Gasteiger partial charge in [0.2, 0.25) is 0 Å². The van der Waals surface area contributed by atoms with Crippen molar-refractivity contribution in [3.05, 3.63) is 23.8 Å². The topological polar surface area (TPSA) is 29.3 Å². The van der Waals surface area contributed by atoms with Gasteiger partial charge in [-0.05, 0) is 38.2 Å². The minimum absolute atomic E-state index is 0.440. The van der Waals surface area contributed by atoms with Gasteiger partial charge in [-0.15, -0.1) is 11.8 Å². The highest BCUT2D eigenvalue weighted by molar-refractivity contribution is 7.99. The van der Waals surface area contributed by atoms with E-state index in [-0.39, 0.29) is 0 Å². The molecule has 0 aliphatic carbocycles. The molecule has 0 amide bonds. The Morgan fingerprint density at radius 1 is 1.37 bits per heavy atom. The van der Waals surface area contributed by atoms with Crippen molar-refractivity contribution < 1.29 is 0 Å². The van der Waals surface area contributed by atoms with Crippen LogP contribution in [0.2, 0.25) is 0 Å². The molecule has 19 heavy (non-hydrogen) atoms. The van der Waals surface area contributed by atoms with Crippen LogP contribution in [0.25, 0.3) is 0 Å². The van der Waals surface area contributed by atoms with Crippen molar-refractivity contribution in [2.75, 3.05) is 17.2 Å². The first-order chi connectivity index (χ1) is 9.02. The van der Waals surface area contributed by atoms with Gasteiger partial charge in [-0.2, -0.15) is 0 Å². The van der Waals surface area contributed by atoms with Crippen molar-refractivity contribution in [2.24, 2.45) is 5.73 Å². The molecule has 0 saturated heterocycles. The van der Waals surface area contributed by atoms with Crippen LogP contribution in [0.15, 0.2) is 23.1 Å². The molecule has 1 aromatic carbocycles. The average molecular weight is 297 g/mol. The zero-order valence-corrected chi connectivity index (χ0v) is 13.9. The fourth-order valence-corrected chi connectivity index (χ4v) is 3.30. The van der Waals surface area contributed by atoms with E-state index in [0.717, 1.165) is 24.3 Å². The van der Waals surface area contributed by atoms with Gasteiger partial charge in [0.05, 0.1) is 0 Å². The molecule has 0 unspecified atom stereocenters. The van der Waals surface area contributed by atoms with Crippen LogP contribution in [-0.2, 0) is 0 Å². The summed E-state index contributed by atoms with van der Waals surface area (Å²) < 4.78 is 0. The van der Waals surface area contributed by atoms with Crippen LogP contribution >= 0.6 is 24.0 Å². The predicted molar refractivity (Wildman–Crippen MR) is 91.5 cm³/mol. The van der Waals surface area contributed by atoms with Crippen LogP contribution in [0.4, 0.5) is 5.69 Å². The largest absolute Gasteiger partial charge is 0.389 e. The molecule has 0 atom stereocenters. The van der Waals surface area contributed by atoms with Gasteiger partial charge in [0.25, 0.3) is 0 Å². The molecule has 1 rings (SSSR count). The molecule has 0 radical (unpaired) electrons. The van der Waals surface area contributed by atoms with Crippen molar-refractivity contribution in [2.45, 2.75) is 45.1 Å². The van der Waals surface area contributed by atoms with Crippen LogP contribution in [0.3, 0.4) is 0 Å². The predicted octanol–water partition coefficient (Wildman–Crippen LogP) is 4.06. The van der Waals surface area contributed by atoms with E-state index in [9.17, 15) is 0 Å². The summed E-state index contributed by atoms with van der Waals surface area (Å²) in [6.07, 6.45) is 1.11. The van der Waals surface area contributed by atoms with Gasteiger partial charge in [0.15, 0.2) is 0 Å². The molecule has 0 aliphatic rings. The molecule has 0 aliphatic heterocycles. The Hall–Kier alpha value is -0.740. The van der Waals surface area contributed by atoms with Crippen LogP contribution in [0.1, 0.15) is 39.7 Å². The summed E-state index contributed by atoms with van der Waals surface area (Å²) in [6, 6.07) is 6.77. The van der Waals surface area contributed by atoms with E-state index < -0.39 is 0 Å². The molecule has 0 aromatic heterocycles. The van der Waals surface area contributed by atoms with Gasteiger partial charge in [-0.1, -0.05) is 32.1 Å². The third-order valence-electron chi connectivity index (χ3n) is 2.95. The molecule has 2 nitrogen and oxygen atoms in total. The number of thioether (sulfide) groups is 1. The first-order valence-corrected chi connectivity index (χ1v) is 8.24. The Balaban J connectivity index is 3.31. The molecule has 0 saturated carbocycles. The van der Waals surface area contributed by atoms with Gasteiger partial charge >= 0.3 is 0 Å². The normalized spacial score (nSPS) is 10.8. The Kier molecular flexibility index (Phi) is 6.66. The maximum absolute atomic E-state index is 5.97. The molecular weight excluding hydrogens is 272 g/mol. The number of nitrogens with two attached hydrogens (primary N) is 1. The lowest BCUT2D eigenvalue weighted by molar-refractivity contribution is 0.670. The van der Waals surface area contributed by atoms with Gasteiger partial charge < -0.3 is 10.6 Å². The SMILES string of the molecule is CCCN(c1cccc(SCC)c1C(N)=S)C(C)C. The summed E-state index contributed by atoms with van der Waals surface area (Å²) in [5.41, 5.74) is 8.17. The van der Waals surface area contributed by atoms with Crippen molar-refractivity contribution >= 4 is 34.7 Å². The highest BCUT2D eigenvalue weighted by Crippen LogP contribution is 2.32. The van der Waals surface area contributed by atoms with E-state index in [2.05, 4.69) is 50.8 Å². The highest BCUT2D eigenvalue weighted by Gasteiger charge is 2.18. The minimum Gasteiger partial charge on any atom is -0.389 e. The number of rotatable bonds is 7. The maximum atomic E-state index is 5.97. The Morgan fingerprint density at radius 2 is 2.05 bits per heavy atom. The molecule has 0 fully saturated rings. The van der Waals surface area contributed by atoms with Gasteiger partial charge in [0, 0.05) is 28.7 Å². The number of anilines is 1. The van der Waals surface area contributed by atoms with Crippen molar-refractivity contribution in [3.63, 3.8) is 0 Å². The molecular formula is C15H24N2S2. The van der Waals surface area contributed by atoms with Gasteiger partial charge in [-0.25, -0.2) is 0 Å². The summed E-state index contributed by atoms with van der Waals surface area (Å²) in [7, 11) is 0. The molecule has 0 bridgehead atoms. The van der Waals surface area contributed by atoms with Crippen LogP contribution < -0.4 is 10.6 Å². The molecule has 106 valence electrons. The number of thiocarbonyl (C=S) groups is 1. The molecule has 0 heterocycles. The van der Waals surface area contributed by atoms with Crippen molar-refractivity contribution in [3.8, 4) is 0 Å². The Bertz CT molecular complexity index is 430. The van der Waals surface area contributed by atoms with E-state index in [1.807, 2.05) is 0 Å². The number of hydrogen-bond donors (Lipinski definition) is 1. The standard InChI is InChI=1S/C15H24N2S2/c1-5-10-17(11(3)4)12-8-7-9-13(19-6-2)14(12)15(16)18/h7-9,11H,5-6,10H2,1-4H3,(H2,16,18). The van der Waals surface area contributed by atoms with E-state index >= 15 is 0 Å². The van der Waals surface area contributed by atoms with Crippen LogP contribution in [0.5, 0.6) is 0 Å². The number of hydrogen-bond acceptors (Lipinski definition) is 3. The van der Waals surface area contributed by atoms with Crippen molar-refractivity contribution in [1.82, 2.24) is 0 Å². The summed E-state index contributed by atoms with van der Waals surface area (Å²) in [6.45, 7) is 9.78. The lowest BCUT2D eigenvalue weighted by atomic mass is 10.1. The molecule has 2 N–H and O–H groups in total. The monoisotopic (exact) mass is 296 g/mol. The summed E-state index contributed by atoms with van der Waals surface area (Å²) in [5.74, 6) is 1.02. The zero-order chi connectivity index (χ0) is 14.4. The Labute approximate surface area is 126 Å². The average Bonchev–Trinajstić information content (AvgIpc) is 2.35. The fourth-order valence-electron chi connectivity index (χ4n) is 2.18. The van der Waals surface area contributed by atoms with E-state index in [0.29, 0.717) is 11.0 Å². The molecule has 4 heteroatoms. The summed E-state index contributed by atoms with van der Waals surface area (Å²) >= 11 is 7.08. The number of nitrogens with zero attached hydrogens (tertiary/aromatic N) is 1. The highest BCUT2D eigenvalue weighted by atomic mass is 32.2. The van der Waals surface area contributed by atoms with Crippen LogP contribution in [-0.4, -0.2) is 23.3 Å². The third-order valence-corrected chi connectivity index (χ3v) is 4.09. The van der Waals surface area contributed by atoms with Crippen LogP contribution in [0, 0.1) is 0 Å². The fraction of sp³-hybridized carbons (Fsp3) is 0.533. The summed E-state index contributed by atoms with van der Waals surface area (Å²) in [5, 5.41) is 0. The number of benzene rings is 1. The lowest BCUT2D eigenvalue weighted by Gasteiger charge is -2.31. The van der Waals surface area contributed by atoms with E-state index in [1.54, 1.807) is 11.8 Å². The molecule has 1 aromatic rings. The molecule has 0 spiro atoms. The Morgan fingerprint density at radius 3 is 2.53 bits per heavy atom. The second kappa shape index (κ2) is 7.75. The zero-order valence-electron chi connectivity index (χ0n) is 12.3.